The maximum atomic E-state index is 14.4. The maximum absolute atomic E-state index is 14.4. The molecule has 17 heteroatoms. The number of hydrogen-bond acceptors (Lipinski definition) is 10. The lowest BCUT2D eigenvalue weighted by molar-refractivity contribution is -0.906. The minimum atomic E-state index is -0.350. The molecule has 2 aromatic carbocycles. The van der Waals surface area contributed by atoms with E-state index >= 15 is 0 Å². The molecule has 8 aromatic rings. The van der Waals surface area contributed by atoms with Crippen LogP contribution in [-0.4, -0.2) is 53.8 Å². The van der Waals surface area contributed by atoms with E-state index in [1.807, 2.05) is 19.1 Å². The standard InChI is InChI=1S/C21H21FN5O2.C19H16BrFN5O2/c1-3-15-12-24-27-19(23-11-14-8-9-20(29-2)26(28)13-14)10-18(25-21(15)27)16-6-4-5-7-17(16)22;1-28-18-7-6-12(11-25(18)27)9-22-17-8-16(13-4-2-3-5-15(13)21)24-19-14(20)10-23-26(17)19/h4-10,12-13,23,28H,3,11H2,1-2H3;2-8,10-11,22,27H,9H2,1H3/q2*+1. The summed E-state index contributed by atoms with van der Waals surface area (Å²) in [6, 6.07) is 23.6. The molecular weight excluding hydrogens is 802 g/mol. The molecule has 0 aliphatic heterocycles. The van der Waals surface area contributed by atoms with Crippen molar-refractivity contribution in [3.8, 4) is 34.3 Å². The molecule has 0 amide bonds. The number of fused-ring (bicyclic) bond motifs is 2. The fraction of sp³-hybridized carbons (Fsp3) is 0.150. The van der Waals surface area contributed by atoms with Crippen molar-refractivity contribution in [2.45, 2.75) is 26.4 Å². The van der Waals surface area contributed by atoms with Gasteiger partial charge in [-0.3, -0.25) is 10.4 Å². The van der Waals surface area contributed by atoms with Crippen molar-refractivity contribution in [1.82, 2.24) is 29.2 Å². The number of nitrogens with one attached hydrogen (secondary N) is 2. The number of ether oxygens (including phenoxy) is 2. The van der Waals surface area contributed by atoms with Crippen LogP contribution in [0.5, 0.6) is 11.8 Å². The van der Waals surface area contributed by atoms with Crippen LogP contribution in [0.4, 0.5) is 20.4 Å². The van der Waals surface area contributed by atoms with E-state index in [1.54, 1.807) is 94.5 Å². The Bertz CT molecular complexity index is 2710. The van der Waals surface area contributed by atoms with E-state index in [0.29, 0.717) is 74.8 Å². The van der Waals surface area contributed by atoms with Gasteiger partial charge in [-0.25, -0.2) is 18.7 Å². The number of anilines is 2. The lowest BCUT2D eigenvalue weighted by Gasteiger charge is -2.11. The third kappa shape index (κ3) is 8.23. The summed E-state index contributed by atoms with van der Waals surface area (Å²) in [4.78, 5) is 9.18. The average Bonchev–Trinajstić information content (AvgIpc) is 3.82. The second kappa shape index (κ2) is 16.9. The first-order valence-corrected chi connectivity index (χ1v) is 18.4. The molecule has 14 nitrogen and oxygen atoms in total. The minimum Gasteiger partial charge on any atom is -0.445 e. The maximum Gasteiger partial charge on any atom is 0.416 e. The first-order chi connectivity index (χ1) is 27.7. The molecule has 0 saturated heterocycles. The normalized spacial score (nSPS) is 11.0. The van der Waals surface area contributed by atoms with Crippen molar-refractivity contribution in [3.63, 3.8) is 0 Å². The highest BCUT2D eigenvalue weighted by Crippen LogP contribution is 2.29. The van der Waals surface area contributed by atoms with Gasteiger partial charge >= 0.3 is 11.8 Å². The molecule has 4 N–H and O–H groups in total. The third-order valence-corrected chi connectivity index (χ3v) is 9.49. The van der Waals surface area contributed by atoms with E-state index in [0.717, 1.165) is 32.6 Å². The summed E-state index contributed by atoms with van der Waals surface area (Å²) in [6.07, 6.45) is 7.27. The van der Waals surface area contributed by atoms with Crippen LogP contribution in [0, 0.1) is 11.6 Å². The van der Waals surface area contributed by atoms with E-state index in [4.69, 9.17) is 9.47 Å². The molecule has 0 fully saturated rings. The molecule has 8 rings (SSSR count). The molecule has 0 spiro atoms. The van der Waals surface area contributed by atoms with Crippen molar-refractivity contribution < 1.29 is 38.1 Å². The number of pyridine rings is 2. The van der Waals surface area contributed by atoms with Crippen LogP contribution in [0.15, 0.2) is 114 Å². The first-order valence-electron chi connectivity index (χ1n) is 17.6. The highest BCUT2D eigenvalue weighted by atomic mass is 79.9. The Labute approximate surface area is 333 Å². The summed E-state index contributed by atoms with van der Waals surface area (Å²) < 4.78 is 44.6. The van der Waals surface area contributed by atoms with E-state index < -0.39 is 0 Å². The number of halogens is 3. The van der Waals surface area contributed by atoms with E-state index in [9.17, 15) is 19.2 Å². The zero-order valence-corrected chi connectivity index (χ0v) is 32.5. The van der Waals surface area contributed by atoms with Gasteiger partial charge in [-0.2, -0.15) is 19.2 Å². The number of methoxy groups -OCH3 is 2. The summed E-state index contributed by atoms with van der Waals surface area (Å²) in [5, 5.41) is 35.1. The third-order valence-electron chi connectivity index (χ3n) is 8.93. The predicted octanol–water partition coefficient (Wildman–Crippen LogP) is 6.69. The molecule has 6 aromatic heterocycles. The molecule has 0 saturated carbocycles. The second-order valence-corrected chi connectivity index (χ2v) is 13.4. The van der Waals surface area contributed by atoms with Crippen molar-refractivity contribution in [2.75, 3.05) is 24.9 Å². The lowest BCUT2D eigenvalue weighted by Crippen LogP contribution is -2.32. The minimum absolute atomic E-state index is 0.327. The van der Waals surface area contributed by atoms with Crippen LogP contribution in [0.2, 0.25) is 0 Å². The smallest absolute Gasteiger partial charge is 0.416 e. The van der Waals surface area contributed by atoms with Gasteiger partial charge in [0.05, 0.1) is 54.6 Å². The number of hydrogen-bond donors (Lipinski definition) is 4. The van der Waals surface area contributed by atoms with Crippen molar-refractivity contribution in [3.05, 3.63) is 143 Å². The van der Waals surface area contributed by atoms with Gasteiger partial charge in [0.25, 0.3) is 0 Å². The average molecular weight is 840 g/mol. The molecule has 0 radical (unpaired) electrons. The Morgan fingerprint density at radius 1 is 0.684 bits per heavy atom. The summed E-state index contributed by atoms with van der Waals surface area (Å²) >= 11 is 3.43. The highest BCUT2D eigenvalue weighted by molar-refractivity contribution is 9.10. The van der Waals surface area contributed by atoms with Crippen LogP contribution < -0.4 is 29.6 Å². The van der Waals surface area contributed by atoms with Crippen molar-refractivity contribution in [1.29, 1.82) is 0 Å². The number of aromatic nitrogens is 8. The highest BCUT2D eigenvalue weighted by Gasteiger charge is 2.18. The first kappa shape index (κ1) is 38.4. The predicted molar refractivity (Wildman–Crippen MR) is 209 cm³/mol. The van der Waals surface area contributed by atoms with Crippen LogP contribution in [0.1, 0.15) is 23.6 Å². The molecule has 0 atom stereocenters. The molecule has 0 bridgehead atoms. The van der Waals surface area contributed by atoms with Crippen LogP contribution in [0.3, 0.4) is 0 Å². The van der Waals surface area contributed by atoms with Crippen LogP contribution in [-0.2, 0) is 19.5 Å². The zero-order valence-electron chi connectivity index (χ0n) is 30.9. The monoisotopic (exact) mass is 838 g/mol. The van der Waals surface area contributed by atoms with Gasteiger partial charge in [0.2, 0.25) is 12.4 Å². The lowest BCUT2D eigenvalue weighted by atomic mass is 10.1. The topological polar surface area (TPSA) is 151 Å². The second-order valence-electron chi connectivity index (χ2n) is 12.6. The fourth-order valence-electron chi connectivity index (χ4n) is 6.01. The van der Waals surface area contributed by atoms with E-state index in [2.05, 4.69) is 46.7 Å². The molecule has 0 aliphatic carbocycles. The summed E-state index contributed by atoms with van der Waals surface area (Å²) in [5.74, 6) is 1.29. The Morgan fingerprint density at radius 3 is 1.63 bits per heavy atom. The van der Waals surface area contributed by atoms with Gasteiger partial charge in [0.1, 0.15) is 23.3 Å². The number of aryl methyl sites for hydroxylation is 1. The summed E-state index contributed by atoms with van der Waals surface area (Å²) in [6.45, 7) is 2.85. The zero-order chi connectivity index (χ0) is 40.1. The summed E-state index contributed by atoms with van der Waals surface area (Å²) in [5.41, 5.74) is 5.71. The molecule has 0 unspecified atom stereocenters. The van der Waals surface area contributed by atoms with Gasteiger partial charge in [-0.05, 0) is 58.7 Å². The van der Waals surface area contributed by atoms with Gasteiger partial charge in [-0.1, -0.05) is 31.2 Å². The number of benzene rings is 2. The van der Waals surface area contributed by atoms with Crippen LogP contribution in [0.25, 0.3) is 33.8 Å². The fourth-order valence-corrected chi connectivity index (χ4v) is 6.36. The molecule has 6 heterocycles. The Balaban J connectivity index is 0.000000174. The number of nitrogens with zero attached hydrogens (tertiary/aromatic N) is 8. The molecular formula is C40H37BrF2N10O4+2. The van der Waals surface area contributed by atoms with Crippen LogP contribution >= 0.6 is 15.9 Å². The van der Waals surface area contributed by atoms with Gasteiger partial charge in [0.15, 0.2) is 11.3 Å². The van der Waals surface area contributed by atoms with Gasteiger partial charge < -0.3 is 20.1 Å². The van der Waals surface area contributed by atoms with Gasteiger partial charge in [0, 0.05) is 62.5 Å². The Morgan fingerprint density at radius 2 is 1.16 bits per heavy atom. The largest absolute Gasteiger partial charge is 0.445 e. The Hall–Kier alpha value is -6.88. The quantitative estimate of drug-likeness (QED) is 0.0820. The SMILES string of the molecule is CCc1cnn2c(NCc3ccc(OC)[n+](O)c3)cc(-c3ccccc3F)nc12.COc1ccc(CNc2cc(-c3ccccc3F)nc3c(Br)cnn23)c[n+]1O. The van der Waals surface area contributed by atoms with Crippen molar-refractivity contribution in [2.24, 2.45) is 0 Å². The van der Waals surface area contributed by atoms with Crippen molar-refractivity contribution >= 4 is 38.9 Å². The summed E-state index contributed by atoms with van der Waals surface area (Å²) in [7, 11) is 2.97. The molecule has 0 aliphatic rings. The number of rotatable bonds is 11. The van der Waals surface area contributed by atoms with E-state index in [1.165, 1.54) is 26.4 Å². The Kier molecular flexibility index (Phi) is 11.4. The molecule has 57 heavy (non-hydrogen) atoms. The van der Waals surface area contributed by atoms with E-state index in [-0.39, 0.29) is 11.6 Å². The van der Waals surface area contributed by atoms with Gasteiger partial charge in [-0.15, -0.1) is 0 Å². The molecule has 290 valence electrons.